The number of methoxy groups -OCH3 is 1. The molecule has 1 aromatic heterocycles. The highest BCUT2D eigenvalue weighted by Crippen LogP contribution is 2.44. The first-order valence-electron chi connectivity index (χ1n) is 11.0. The monoisotopic (exact) mass is 476 g/mol. The maximum Gasteiger partial charge on any atom is 0.301 e. The molecule has 2 heterocycles. The summed E-state index contributed by atoms with van der Waals surface area (Å²) in [5.74, 6) is -1.03. The number of ether oxygens (including phenoxy) is 1. The Bertz CT molecular complexity index is 1260. The van der Waals surface area contributed by atoms with Crippen molar-refractivity contribution in [3.63, 3.8) is 0 Å². The van der Waals surface area contributed by atoms with Crippen LogP contribution in [0.5, 0.6) is 5.75 Å². The first-order chi connectivity index (χ1) is 16.0. The Hall–Kier alpha value is -3.45. The number of anilines is 1. The molecule has 4 rings (SSSR count). The molecule has 0 bridgehead atoms. The largest absolute Gasteiger partial charge is 0.507 e. The second-order valence-corrected chi connectivity index (χ2v) is 10.6. The topological polar surface area (TPSA) is 79.7 Å². The molecule has 1 aliphatic heterocycles. The Morgan fingerprint density at radius 1 is 1.03 bits per heavy atom. The standard InChI is InChI=1S/C27H28N2O4S/c1-15-16(2)34-26(28-15)29-22(17-7-11-19(12-8-17)27(3,4)5)21(24(31)25(29)32)23(30)18-9-13-20(33-6)14-10-18/h7-14,22,30H,1-6H3/t22-/m0/s1. The highest BCUT2D eigenvalue weighted by Gasteiger charge is 2.48. The van der Waals surface area contributed by atoms with Crippen LogP contribution < -0.4 is 9.64 Å². The highest BCUT2D eigenvalue weighted by molar-refractivity contribution is 7.16. The molecule has 0 radical (unpaired) electrons. The molecule has 176 valence electrons. The van der Waals surface area contributed by atoms with Crippen molar-refractivity contribution >= 4 is 33.9 Å². The highest BCUT2D eigenvalue weighted by atomic mass is 32.1. The zero-order valence-electron chi connectivity index (χ0n) is 20.2. The zero-order chi connectivity index (χ0) is 24.8. The minimum atomic E-state index is -0.791. The van der Waals surface area contributed by atoms with E-state index in [1.165, 1.54) is 16.2 Å². The van der Waals surface area contributed by atoms with Crippen molar-refractivity contribution in [3.8, 4) is 5.75 Å². The van der Waals surface area contributed by atoms with Crippen LogP contribution in [0.2, 0.25) is 0 Å². The molecule has 1 fully saturated rings. The third-order valence-electron chi connectivity index (χ3n) is 6.12. The van der Waals surface area contributed by atoms with Crippen molar-refractivity contribution in [2.24, 2.45) is 0 Å². The number of ketones is 1. The van der Waals surface area contributed by atoms with Crippen LogP contribution in [0.3, 0.4) is 0 Å². The number of carbonyl (C=O) groups excluding carboxylic acids is 2. The lowest BCUT2D eigenvalue weighted by Gasteiger charge is -2.24. The van der Waals surface area contributed by atoms with Crippen molar-refractivity contribution < 1.29 is 19.4 Å². The first kappa shape index (κ1) is 23.7. The lowest BCUT2D eigenvalue weighted by Crippen LogP contribution is -2.29. The molecule has 6 nitrogen and oxygen atoms in total. The zero-order valence-corrected chi connectivity index (χ0v) is 21.0. The van der Waals surface area contributed by atoms with Crippen LogP contribution >= 0.6 is 11.3 Å². The third kappa shape index (κ3) is 4.12. The third-order valence-corrected chi connectivity index (χ3v) is 7.20. The van der Waals surface area contributed by atoms with Crippen LogP contribution in [0.15, 0.2) is 54.1 Å². The number of aryl methyl sites for hydroxylation is 2. The molecule has 0 spiro atoms. The number of benzene rings is 2. The van der Waals surface area contributed by atoms with Gasteiger partial charge in [0.25, 0.3) is 5.78 Å². The quantitative estimate of drug-likeness (QED) is 0.297. The molecule has 1 amide bonds. The van der Waals surface area contributed by atoms with E-state index in [-0.39, 0.29) is 16.7 Å². The summed E-state index contributed by atoms with van der Waals surface area (Å²) in [6.07, 6.45) is 0. The number of amides is 1. The molecular weight excluding hydrogens is 448 g/mol. The Balaban J connectivity index is 1.91. The number of hydrogen-bond donors (Lipinski definition) is 1. The maximum atomic E-state index is 13.3. The van der Waals surface area contributed by atoms with Gasteiger partial charge in [0.1, 0.15) is 11.5 Å². The minimum Gasteiger partial charge on any atom is -0.507 e. The van der Waals surface area contributed by atoms with Crippen LogP contribution in [-0.4, -0.2) is 28.9 Å². The van der Waals surface area contributed by atoms with E-state index < -0.39 is 17.7 Å². The van der Waals surface area contributed by atoms with Gasteiger partial charge in [-0.05, 0) is 54.7 Å². The molecule has 7 heteroatoms. The Morgan fingerprint density at radius 2 is 1.65 bits per heavy atom. The van der Waals surface area contributed by atoms with Crippen molar-refractivity contribution in [1.82, 2.24) is 4.98 Å². The van der Waals surface area contributed by atoms with Gasteiger partial charge < -0.3 is 9.84 Å². The van der Waals surface area contributed by atoms with Crippen molar-refractivity contribution in [3.05, 3.63) is 81.4 Å². The molecule has 1 aliphatic rings. The molecule has 2 aromatic carbocycles. The smallest absolute Gasteiger partial charge is 0.301 e. The van der Waals surface area contributed by atoms with E-state index in [1.54, 1.807) is 31.4 Å². The number of aliphatic hydroxyl groups is 1. The molecule has 34 heavy (non-hydrogen) atoms. The number of carbonyl (C=O) groups is 2. The normalized spacial score (nSPS) is 17.9. The summed E-state index contributed by atoms with van der Waals surface area (Å²) in [5.41, 5.74) is 3.09. The Morgan fingerprint density at radius 3 is 2.15 bits per heavy atom. The number of hydrogen-bond acceptors (Lipinski definition) is 6. The number of thiazole rings is 1. The Kier molecular flexibility index (Phi) is 6.08. The molecule has 0 aliphatic carbocycles. The van der Waals surface area contributed by atoms with E-state index in [1.807, 2.05) is 38.1 Å². The van der Waals surface area contributed by atoms with Gasteiger partial charge in [0.2, 0.25) is 0 Å². The summed E-state index contributed by atoms with van der Waals surface area (Å²) >= 11 is 1.36. The molecule has 0 unspecified atom stereocenters. The van der Waals surface area contributed by atoms with Gasteiger partial charge in [0.15, 0.2) is 5.13 Å². The van der Waals surface area contributed by atoms with Crippen molar-refractivity contribution in [2.45, 2.75) is 46.1 Å². The van der Waals surface area contributed by atoms with Gasteiger partial charge in [-0.3, -0.25) is 14.5 Å². The van der Waals surface area contributed by atoms with E-state index in [2.05, 4.69) is 25.8 Å². The predicted octanol–water partition coefficient (Wildman–Crippen LogP) is 5.69. The van der Waals surface area contributed by atoms with Gasteiger partial charge in [0.05, 0.1) is 24.4 Å². The van der Waals surface area contributed by atoms with Crippen LogP contribution in [0.4, 0.5) is 5.13 Å². The van der Waals surface area contributed by atoms with Gasteiger partial charge in [0, 0.05) is 10.4 Å². The van der Waals surface area contributed by atoms with Gasteiger partial charge in [-0.1, -0.05) is 45.0 Å². The van der Waals surface area contributed by atoms with Gasteiger partial charge >= 0.3 is 5.91 Å². The fourth-order valence-electron chi connectivity index (χ4n) is 3.97. The average molecular weight is 477 g/mol. The van der Waals surface area contributed by atoms with Gasteiger partial charge in [-0.2, -0.15) is 0 Å². The lowest BCUT2D eigenvalue weighted by atomic mass is 9.85. The van der Waals surface area contributed by atoms with Crippen LogP contribution in [0.25, 0.3) is 5.76 Å². The number of aliphatic hydroxyl groups excluding tert-OH is 1. The number of Topliss-reactive ketones (excluding diaryl/α,β-unsaturated/α-hetero) is 1. The molecule has 1 N–H and O–H groups in total. The van der Waals surface area contributed by atoms with E-state index in [9.17, 15) is 14.7 Å². The van der Waals surface area contributed by atoms with Crippen molar-refractivity contribution in [2.75, 3.05) is 12.0 Å². The van der Waals surface area contributed by atoms with E-state index in [0.29, 0.717) is 16.4 Å². The molecule has 1 saturated heterocycles. The maximum absolute atomic E-state index is 13.3. The second kappa shape index (κ2) is 8.72. The SMILES string of the molecule is COc1ccc(C(O)=C2C(=O)C(=O)N(c3nc(C)c(C)s3)[C@H]2c2ccc(C(C)(C)C)cc2)cc1. The molecule has 3 aromatic rings. The molecule has 1 atom stereocenters. The summed E-state index contributed by atoms with van der Waals surface area (Å²) in [6, 6.07) is 13.8. The van der Waals surface area contributed by atoms with E-state index in [0.717, 1.165) is 21.7 Å². The molecular formula is C27H28N2O4S. The van der Waals surface area contributed by atoms with Crippen LogP contribution in [0.1, 0.15) is 54.1 Å². The Labute approximate surface area is 203 Å². The summed E-state index contributed by atoms with van der Waals surface area (Å²) < 4.78 is 5.20. The molecule has 0 saturated carbocycles. The lowest BCUT2D eigenvalue weighted by molar-refractivity contribution is -0.132. The van der Waals surface area contributed by atoms with Crippen LogP contribution in [0, 0.1) is 13.8 Å². The van der Waals surface area contributed by atoms with Crippen molar-refractivity contribution in [1.29, 1.82) is 0 Å². The van der Waals surface area contributed by atoms with Gasteiger partial charge in [-0.25, -0.2) is 4.98 Å². The number of nitrogens with zero attached hydrogens (tertiary/aromatic N) is 2. The summed E-state index contributed by atoms with van der Waals surface area (Å²) in [7, 11) is 1.56. The number of aromatic nitrogens is 1. The van der Waals surface area contributed by atoms with Gasteiger partial charge in [-0.15, -0.1) is 11.3 Å². The summed E-state index contributed by atoms with van der Waals surface area (Å²) in [5, 5.41) is 11.7. The second-order valence-electron chi connectivity index (χ2n) is 9.41. The van der Waals surface area contributed by atoms with Crippen LogP contribution in [-0.2, 0) is 15.0 Å². The predicted molar refractivity (Wildman–Crippen MR) is 135 cm³/mol. The minimum absolute atomic E-state index is 0.0455. The average Bonchev–Trinajstić information content (AvgIpc) is 3.28. The van der Waals surface area contributed by atoms with E-state index in [4.69, 9.17) is 4.74 Å². The fourth-order valence-corrected chi connectivity index (χ4v) is 4.91. The summed E-state index contributed by atoms with van der Waals surface area (Å²) in [4.78, 5) is 33.5. The first-order valence-corrected chi connectivity index (χ1v) is 11.8. The fraction of sp³-hybridized carbons (Fsp3) is 0.296. The van der Waals surface area contributed by atoms with E-state index >= 15 is 0 Å². The number of rotatable bonds is 4. The summed E-state index contributed by atoms with van der Waals surface area (Å²) in [6.45, 7) is 10.2.